The molecule has 0 heterocycles. The molecule has 0 spiro atoms. The van der Waals surface area contributed by atoms with Gasteiger partial charge in [-0.25, -0.2) is 17.2 Å². The van der Waals surface area contributed by atoms with E-state index in [1.54, 1.807) is 20.8 Å². The second kappa shape index (κ2) is 9.09. The molecule has 0 saturated heterocycles. The van der Waals surface area contributed by atoms with Gasteiger partial charge in [-0.2, -0.15) is 4.72 Å². The van der Waals surface area contributed by atoms with Crippen molar-refractivity contribution in [1.82, 2.24) is 4.72 Å². The van der Waals surface area contributed by atoms with Gasteiger partial charge >= 0.3 is 5.97 Å². The molecule has 0 aliphatic heterocycles. The number of hydrogen-bond acceptors (Lipinski definition) is 5. The molecular weight excluding hydrogens is 368 g/mol. The SMILES string of the molecule is C=C(F)C[C@@H](NS(=O)(=O)c1ccc(OCCF)cc1)C(=O)OC(C)(C)C. The van der Waals surface area contributed by atoms with E-state index >= 15 is 0 Å². The van der Waals surface area contributed by atoms with Gasteiger partial charge in [0.05, 0.1) is 10.7 Å². The molecule has 1 rings (SSSR count). The van der Waals surface area contributed by atoms with Crippen LogP contribution in [-0.2, 0) is 19.6 Å². The highest BCUT2D eigenvalue weighted by atomic mass is 32.2. The van der Waals surface area contributed by atoms with E-state index in [-0.39, 0.29) is 11.5 Å². The normalized spacial score (nSPS) is 13.1. The predicted molar refractivity (Wildman–Crippen MR) is 92.7 cm³/mol. The number of sulfonamides is 1. The van der Waals surface area contributed by atoms with Crippen LogP contribution >= 0.6 is 0 Å². The molecule has 26 heavy (non-hydrogen) atoms. The van der Waals surface area contributed by atoms with Crippen molar-refractivity contribution < 1.29 is 31.5 Å². The number of hydrogen-bond donors (Lipinski definition) is 1. The van der Waals surface area contributed by atoms with Crippen LogP contribution in [0.3, 0.4) is 0 Å². The van der Waals surface area contributed by atoms with E-state index in [9.17, 15) is 22.0 Å². The smallest absolute Gasteiger partial charge is 0.325 e. The van der Waals surface area contributed by atoms with Gasteiger partial charge in [0.1, 0.15) is 30.7 Å². The molecule has 0 radical (unpaired) electrons. The summed E-state index contributed by atoms with van der Waals surface area (Å²) < 4.78 is 62.4. The van der Waals surface area contributed by atoms with Gasteiger partial charge in [-0.05, 0) is 45.0 Å². The van der Waals surface area contributed by atoms with Crippen LogP contribution in [0.5, 0.6) is 5.75 Å². The lowest BCUT2D eigenvalue weighted by Gasteiger charge is -2.24. The zero-order valence-electron chi connectivity index (χ0n) is 14.9. The van der Waals surface area contributed by atoms with Crippen molar-refractivity contribution in [2.24, 2.45) is 0 Å². The summed E-state index contributed by atoms with van der Waals surface area (Å²) in [6.07, 6.45) is -0.550. The highest BCUT2D eigenvalue weighted by molar-refractivity contribution is 7.89. The summed E-state index contributed by atoms with van der Waals surface area (Å²) in [6, 6.07) is 3.69. The highest BCUT2D eigenvalue weighted by Crippen LogP contribution is 2.18. The highest BCUT2D eigenvalue weighted by Gasteiger charge is 2.30. The minimum absolute atomic E-state index is 0.149. The number of nitrogens with one attached hydrogen (secondary N) is 1. The number of rotatable bonds is 9. The van der Waals surface area contributed by atoms with Gasteiger partial charge < -0.3 is 9.47 Å². The molecule has 1 aromatic rings. The Morgan fingerprint density at radius 3 is 2.31 bits per heavy atom. The summed E-state index contributed by atoms with van der Waals surface area (Å²) in [7, 11) is -4.13. The quantitative estimate of drug-likeness (QED) is 0.655. The molecule has 0 unspecified atom stereocenters. The topological polar surface area (TPSA) is 81.7 Å². The molecule has 6 nitrogen and oxygen atoms in total. The molecule has 0 fully saturated rings. The molecule has 0 amide bonds. The van der Waals surface area contributed by atoms with Crippen molar-refractivity contribution in [2.75, 3.05) is 13.3 Å². The molecule has 0 aliphatic carbocycles. The molecule has 0 saturated carbocycles. The van der Waals surface area contributed by atoms with Gasteiger partial charge in [-0.15, -0.1) is 0 Å². The average molecular weight is 391 g/mol. The van der Waals surface area contributed by atoms with Crippen LogP contribution in [0.4, 0.5) is 8.78 Å². The van der Waals surface area contributed by atoms with Gasteiger partial charge in [0.15, 0.2) is 0 Å². The summed E-state index contributed by atoms with van der Waals surface area (Å²) in [6.45, 7) is 7.06. The minimum Gasteiger partial charge on any atom is -0.491 e. The number of carbonyl (C=O) groups excluding carboxylic acids is 1. The van der Waals surface area contributed by atoms with Crippen LogP contribution in [0.15, 0.2) is 41.6 Å². The van der Waals surface area contributed by atoms with Gasteiger partial charge in [-0.1, -0.05) is 6.58 Å². The van der Waals surface area contributed by atoms with Gasteiger partial charge in [0.25, 0.3) is 0 Å². The lowest BCUT2D eigenvalue weighted by atomic mass is 10.1. The summed E-state index contributed by atoms with van der Waals surface area (Å²) >= 11 is 0. The Hall–Kier alpha value is -2.00. The zero-order valence-corrected chi connectivity index (χ0v) is 15.7. The number of alkyl halides is 1. The first-order valence-electron chi connectivity index (χ1n) is 7.82. The van der Waals surface area contributed by atoms with Crippen molar-refractivity contribution in [2.45, 2.75) is 43.7 Å². The first kappa shape index (κ1) is 22.0. The molecular formula is C17H23F2NO5S. The molecule has 0 aliphatic rings. The van der Waals surface area contributed by atoms with E-state index < -0.39 is 46.6 Å². The molecule has 1 atom stereocenters. The van der Waals surface area contributed by atoms with E-state index in [0.717, 1.165) is 0 Å². The fourth-order valence-corrected chi connectivity index (χ4v) is 3.08. The fourth-order valence-electron chi connectivity index (χ4n) is 1.89. The summed E-state index contributed by atoms with van der Waals surface area (Å²) in [5.41, 5.74) is -0.867. The third kappa shape index (κ3) is 7.49. The molecule has 0 bridgehead atoms. The van der Waals surface area contributed by atoms with Crippen LogP contribution in [0.2, 0.25) is 0 Å². The second-order valence-electron chi connectivity index (χ2n) is 6.44. The van der Waals surface area contributed by atoms with Crippen molar-refractivity contribution >= 4 is 16.0 Å². The zero-order chi connectivity index (χ0) is 20.0. The molecule has 1 aromatic carbocycles. The Morgan fingerprint density at radius 2 is 1.85 bits per heavy atom. The number of carbonyl (C=O) groups is 1. The Bertz CT molecular complexity index is 727. The van der Waals surface area contributed by atoms with Crippen molar-refractivity contribution in [3.05, 3.63) is 36.7 Å². The van der Waals surface area contributed by atoms with E-state index in [4.69, 9.17) is 9.47 Å². The standard InChI is InChI=1S/C17H23F2NO5S/c1-12(19)11-15(16(21)25-17(2,3)4)20-26(22,23)14-7-5-13(6-8-14)24-10-9-18/h5-8,15,20H,1,9-11H2,2-4H3/t15-/m1/s1. The predicted octanol–water partition coefficient (Wildman–Crippen LogP) is 2.90. The molecule has 146 valence electrons. The minimum atomic E-state index is -4.13. The number of halogens is 2. The van der Waals surface area contributed by atoms with Crippen LogP contribution in [0.1, 0.15) is 27.2 Å². The second-order valence-corrected chi connectivity index (χ2v) is 8.15. The first-order valence-corrected chi connectivity index (χ1v) is 9.30. The largest absolute Gasteiger partial charge is 0.491 e. The van der Waals surface area contributed by atoms with Crippen LogP contribution in [0.25, 0.3) is 0 Å². The number of ether oxygens (including phenoxy) is 2. The van der Waals surface area contributed by atoms with Crippen molar-refractivity contribution in [3.8, 4) is 5.75 Å². The fraction of sp³-hybridized carbons (Fsp3) is 0.471. The van der Waals surface area contributed by atoms with Gasteiger partial charge in [0, 0.05) is 6.42 Å². The Morgan fingerprint density at radius 1 is 1.27 bits per heavy atom. The van der Waals surface area contributed by atoms with E-state index in [1.807, 2.05) is 0 Å². The Kier molecular flexibility index (Phi) is 7.70. The summed E-state index contributed by atoms with van der Waals surface area (Å²) in [5, 5.41) is 0. The molecule has 9 heteroatoms. The average Bonchev–Trinajstić information content (AvgIpc) is 2.50. The molecule has 0 aromatic heterocycles. The van der Waals surface area contributed by atoms with Crippen molar-refractivity contribution in [1.29, 1.82) is 0 Å². The monoisotopic (exact) mass is 391 g/mol. The third-order valence-electron chi connectivity index (χ3n) is 2.89. The maximum atomic E-state index is 13.2. The van der Waals surface area contributed by atoms with E-state index in [0.29, 0.717) is 5.75 Å². The van der Waals surface area contributed by atoms with Crippen LogP contribution in [0, 0.1) is 0 Å². The van der Waals surface area contributed by atoms with Gasteiger partial charge in [0.2, 0.25) is 10.0 Å². The lowest BCUT2D eigenvalue weighted by molar-refractivity contribution is -0.157. The van der Waals surface area contributed by atoms with Gasteiger partial charge in [-0.3, -0.25) is 4.79 Å². The number of benzene rings is 1. The number of esters is 1. The lowest BCUT2D eigenvalue weighted by Crippen LogP contribution is -2.44. The molecule has 1 N–H and O–H groups in total. The first-order chi connectivity index (χ1) is 11.9. The maximum absolute atomic E-state index is 13.2. The van der Waals surface area contributed by atoms with Crippen molar-refractivity contribution in [3.63, 3.8) is 0 Å². The maximum Gasteiger partial charge on any atom is 0.325 e. The Labute approximate surface area is 152 Å². The summed E-state index contributed by atoms with van der Waals surface area (Å²) in [4.78, 5) is 12.0. The van der Waals surface area contributed by atoms with E-state index in [2.05, 4.69) is 11.3 Å². The van der Waals surface area contributed by atoms with E-state index in [1.165, 1.54) is 24.3 Å². The summed E-state index contributed by atoms with van der Waals surface area (Å²) in [5.74, 6) is -1.48. The van der Waals surface area contributed by atoms with Crippen LogP contribution < -0.4 is 9.46 Å². The third-order valence-corrected chi connectivity index (χ3v) is 4.38. The van der Waals surface area contributed by atoms with Crippen LogP contribution in [-0.4, -0.2) is 39.3 Å². The Balaban J connectivity index is 2.97.